The number of para-hydroxylation sites is 1. The minimum absolute atomic E-state index is 0.00159. The molecule has 1 N–H and O–H groups in total. The summed E-state index contributed by atoms with van der Waals surface area (Å²) < 4.78 is 34.0. The second-order valence-corrected chi connectivity index (χ2v) is 5.32. The van der Waals surface area contributed by atoms with Gasteiger partial charge >= 0.3 is 6.61 Å². The number of amides is 2. The van der Waals surface area contributed by atoms with Gasteiger partial charge in [-0.25, -0.2) is 0 Å². The predicted molar refractivity (Wildman–Crippen MR) is 91.7 cm³/mol. The lowest BCUT2D eigenvalue weighted by Crippen LogP contribution is -2.34. The van der Waals surface area contributed by atoms with E-state index < -0.39 is 12.5 Å². The number of carbonyl (C=O) groups excluding carboxylic acids is 2. The van der Waals surface area contributed by atoms with Crippen LogP contribution in [0.15, 0.2) is 48.5 Å². The molecule has 0 atom stereocenters. The van der Waals surface area contributed by atoms with Crippen molar-refractivity contribution in [3.05, 3.63) is 54.1 Å². The van der Waals surface area contributed by atoms with E-state index in [1.165, 1.54) is 37.3 Å². The first-order valence-electron chi connectivity index (χ1n) is 7.64. The van der Waals surface area contributed by atoms with Crippen molar-refractivity contribution in [3.63, 3.8) is 0 Å². The molecule has 0 aromatic heterocycles. The minimum Gasteiger partial charge on any atom is -0.493 e. The molecule has 0 unspecified atom stereocenters. The average Bonchev–Trinajstić information content (AvgIpc) is 2.61. The van der Waals surface area contributed by atoms with Crippen LogP contribution in [0.3, 0.4) is 0 Å². The normalized spacial score (nSPS) is 10.3. The number of methoxy groups -OCH3 is 1. The molecule has 0 saturated heterocycles. The van der Waals surface area contributed by atoms with Gasteiger partial charge in [-0.3, -0.25) is 9.59 Å². The lowest BCUT2D eigenvalue weighted by atomic mass is 10.1. The van der Waals surface area contributed by atoms with Crippen LogP contribution in [0, 0.1) is 0 Å². The molecule has 0 saturated carbocycles. The van der Waals surface area contributed by atoms with E-state index in [9.17, 15) is 18.4 Å². The van der Waals surface area contributed by atoms with Crippen LogP contribution >= 0.6 is 0 Å². The topological polar surface area (TPSA) is 67.9 Å². The molecule has 0 aliphatic rings. The molecular formula is C18H18F2N2O4. The van der Waals surface area contributed by atoms with Crippen molar-refractivity contribution in [2.24, 2.45) is 0 Å². The zero-order valence-electron chi connectivity index (χ0n) is 14.2. The summed E-state index contributed by atoms with van der Waals surface area (Å²) in [6, 6.07) is 12.7. The highest BCUT2D eigenvalue weighted by Gasteiger charge is 2.18. The van der Waals surface area contributed by atoms with Crippen molar-refractivity contribution in [2.75, 3.05) is 26.0 Å². The largest absolute Gasteiger partial charge is 0.493 e. The lowest BCUT2D eigenvalue weighted by Gasteiger charge is -2.18. The zero-order valence-corrected chi connectivity index (χ0v) is 14.2. The lowest BCUT2D eigenvalue weighted by molar-refractivity contribution is -0.116. The van der Waals surface area contributed by atoms with Crippen LogP contribution in [0.4, 0.5) is 14.5 Å². The molecule has 2 rings (SSSR count). The van der Waals surface area contributed by atoms with E-state index in [1.807, 2.05) is 6.07 Å². The molecule has 0 fully saturated rings. The highest BCUT2D eigenvalue weighted by molar-refractivity contribution is 5.99. The van der Waals surface area contributed by atoms with Gasteiger partial charge in [0.25, 0.3) is 5.91 Å². The maximum Gasteiger partial charge on any atom is 0.387 e. The van der Waals surface area contributed by atoms with Gasteiger partial charge in [0.2, 0.25) is 5.91 Å². The summed E-state index contributed by atoms with van der Waals surface area (Å²) in [5.74, 6) is -1.01. The van der Waals surface area contributed by atoms with Crippen molar-refractivity contribution >= 4 is 17.5 Å². The Balaban J connectivity index is 2.04. The van der Waals surface area contributed by atoms with E-state index in [0.717, 1.165) is 0 Å². The molecule has 0 heterocycles. The van der Waals surface area contributed by atoms with E-state index in [-0.39, 0.29) is 29.5 Å². The Labute approximate surface area is 149 Å². The number of nitrogens with zero attached hydrogens (tertiary/aromatic N) is 1. The predicted octanol–water partition coefficient (Wildman–Crippen LogP) is 3.01. The number of ether oxygens (including phenoxy) is 2. The summed E-state index contributed by atoms with van der Waals surface area (Å²) in [7, 11) is 2.74. The van der Waals surface area contributed by atoms with Crippen LogP contribution in [-0.2, 0) is 4.79 Å². The van der Waals surface area contributed by atoms with Crippen LogP contribution in [0.2, 0.25) is 0 Å². The van der Waals surface area contributed by atoms with Gasteiger partial charge in [-0.05, 0) is 30.3 Å². The molecule has 0 radical (unpaired) electrons. The Hall–Kier alpha value is -3.16. The summed E-state index contributed by atoms with van der Waals surface area (Å²) in [5, 5.41) is 2.67. The van der Waals surface area contributed by atoms with Crippen molar-refractivity contribution < 1.29 is 27.8 Å². The highest BCUT2D eigenvalue weighted by Crippen LogP contribution is 2.29. The van der Waals surface area contributed by atoms with Crippen molar-refractivity contribution in [1.29, 1.82) is 0 Å². The third-order valence-electron chi connectivity index (χ3n) is 3.41. The first kappa shape index (κ1) is 19.2. The fraction of sp³-hybridized carbons (Fsp3) is 0.222. The van der Waals surface area contributed by atoms with E-state index in [0.29, 0.717) is 5.69 Å². The van der Waals surface area contributed by atoms with Crippen LogP contribution in [-0.4, -0.2) is 44.0 Å². The van der Waals surface area contributed by atoms with Crippen LogP contribution in [0.5, 0.6) is 11.5 Å². The highest BCUT2D eigenvalue weighted by atomic mass is 19.3. The Morgan fingerprint density at radius 1 is 1.12 bits per heavy atom. The van der Waals surface area contributed by atoms with Gasteiger partial charge < -0.3 is 19.7 Å². The summed E-state index contributed by atoms with van der Waals surface area (Å²) >= 11 is 0. The maximum absolute atomic E-state index is 12.4. The Kier molecular flexibility index (Phi) is 6.48. The number of likely N-dealkylation sites (N-methyl/N-ethyl adjacent to an activating group) is 1. The molecular weight excluding hydrogens is 346 g/mol. The van der Waals surface area contributed by atoms with Gasteiger partial charge in [-0.2, -0.15) is 8.78 Å². The summed E-state index contributed by atoms with van der Waals surface area (Å²) in [6.45, 7) is -3.18. The standard InChI is InChI=1S/C18H18F2N2O4/c1-22(11-16(23)21-13-6-4-3-5-7-13)17(24)12-8-9-14(26-18(19)20)15(10-12)25-2/h3-10,18H,11H2,1-2H3,(H,21,23). The number of benzene rings is 2. The van der Waals surface area contributed by atoms with Crippen molar-refractivity contribution in [2.45, 2.75) is 6.61 Å². The Bertz CT molecular complexity index is 769. The zero-order chi connectivity index (χ0) is 19.1. The average molecular weight is 364 g/mol. The monoisotopic (exact) mass is 364 g/mol. The number of alkyl halides is 2. The third-order valence-corrected chi connectivity index (χ3v) is 3.41. The summed E-state index contributed by atoms with van der Waals surface area (Å²) in [5.41, 5.74) is 0.798. The first-order chi connectivity index (χ1) is 12.4. The van der Waals surface area contributed by atoms with Crippen molar-refractivity contribution in [1.82, 2.24) is 4.90 Å². The van der Waals surface area contributed by atoms with Crippen LogP contribution in [0.1, 0.15) is 10.4 Å². The number of nitrogens with one attached hydrogen (secondary N) is 1. The fourth-order valence-corrected chi connectivity index (χ4v) is 2.22. The second kappa shape index (κ2) is 8.80. The van der Waals surface area contributed by atoms with Crippen molar-refractivity contribution in [3.8, 4) is 11.5 Å². The molecule has 8 heteroatoms. The van der Waals surface area contributed by atoms with E-state index in [1.54, 1.807) is 24.3 Å². The van der Waals surface area contributed by atoms with Gasteiger partial charge in [-0.1, -0.05) is 18.2 Å². The fourth-order valence-electron chi connectivity index (χ4n) is 2.22. The molecule has 2 amide bonds. The number of rotatable bonds is 7. The van der Waals surface area contributed by atoms with Gasteiger partial charge in [0.15, 0.2) is 11.5 Å². The molecule has 138 valence electrons. The first-order valence-corrected chi connectivity index (χ1v) is 7.64. The molecule has 0 aliphatic carbocycles. The Morgan fingerprint density at radius 2 is 1.81 bits per heavy atom. The van der Waals surface area contributed by atoms with Gasteiger partial charge in [-0.15, -0.1) is 0 Å². The van der Waals surface area contributed by atoms with Gasteiger partial charge in [0.1, 0.15) is 0 Å². The summed E-state index contributed by atoms with van der Waals surface area (Å²) in [4.78, 5) is 25.7. The number of carbonyl (C=O) groups is 2. The number of halogens is 2. The molecule has 2 aromatic rings. The van der Waals surface area contributed by atoms with E-state index >= 15 is 0 Å². The van der Waals surface area contributed by atoms with Crippen LogP contribution in [0.25, 0.3) is 0 Å². The number of anilines is 1. The van der Waals surface area contributed by atoms with Crippen LogP contribution < -0.4 is 14.8 Å². The third kappa shape index (κ3) is 5.17. The molecule has 0 spiro atoms. The molecule has 26 heavy (non-hydrogen) atoms. The molecule has 0 bridgehead atoms. The number of hydrogen-bond acceptors (Lipinski definition) is 4. The second-order valence-electron chi connectivity index (χ2n) is 5.32. The molecule has 6 nitrogen and oxygen atoms in total. The SMILES string of the molecule is COc1cc(C(=O)N(C)CC(=O)Nc2ccccc2)ccc1OC(F)F. The Morgan fingerprint density at radius 3 is 2.42 bits per heavy atom. The number of hydrogen-bond donors (Lipinski definition) is 1. The maximum atomic E-state index is 12.4. The minimum atomic E-state index is -3.00. The van der Waals surface area contributed by atoms with Gasteiger partial charge in [0, 0.05) is 18.3 Å². The van der Waals surface area contributed by atoms with E-state index in [2.05, 4.69) is 10.1 Å². The molecule has 2 aromatic carbocycles. The smallest absolute Gasteiger partial charge is 0.387 e. The van der Waals surface area contributed by atoms with E-state index in [4.69, 9.17) is 4.74 Å². The quantitative estimate of drug-likeness (QED) is 0.820. The van der Waals surface area contributed by atoms with Gasteiger partial charge in [0.05, 0.1) is 13.7 Å². The molecule has 0 aliphatic heterocycles. The summed E-state index contributed by atoms with van der Waals surface area (Å²) in [6.07, 6.45) is 0.